The highest BCUT2D eigenvalue weighted by molar-refractivity contribution is 5.38. The second-order valence-electron chi connectivity index (χ2n) is 5.67. The largest absolute Gasteiger partial charge is 0.492 e. The Bertz CT molecular complexity index is 480. The van der Waals surface area contributed by atoms with Crippen molar-refractivity contribution in [3.8, 4) is 11.8 Å². The molecule has 1 fully saturated rings. The van der Waals surface area contributed by atoms with E-state index in [4.69, 9.17) is 4.74 Å². The van der Waals surface area contributed by atoms with Crippen LogP contribution in [0.4, 0.5) is 0 Å². The molecule has 0 aromatic heterocycles. The molecule has 0 atom stereocenters. The van der Waals surface area contributed by atoms with E-state index in [0.29, 0.717) is 6.61 Å². The van der Waals surface area contributed by atoms with E-state index >= 15 is 0 Å². The van der Waals surface area contributed by atoms with Gasteiger partial charge in [-0.25, -0.2) is 0 Å². The van der Waals surface area contributed by atoms with Gasteiger partial charge in [0.25, 0.3) is 0 Å². The highest BCUT2D eigenvalue weighted by Crippen LogP contribution is 2.38. The molecule has 2 aliphatic rings. The summed E-state index contributed by atoms with van der Waals surface area (Å²) in [4.78, 5) is 0. The van der Waals surface area contributed by atoms with Gasteiger partial charge in [-0.3, -0.25) is 0 Å². The van der Waals surface area contributed by atoms with Crippen molar-refractivity contribution in [2.45, 2.75) is 44.9 Å². The molecule has 0 aliphatic heterocycles. The molecule has 1 aromatic carbocycles. The number of ether oxygens (including phenoxy) is 1. The minimum absolute atomic E-state index is 0.223. The highest BCUT2D eigenvalue weighted by Gasteiger charge is 2.34. The van der Waals surface area contributed by atoms with Gasteiger partial charge in [-0.15, -0.1) is 0 Å². The van der Waals surface area contributed by atoms with E-state index in [1.807, 2.05) is 0 Å². The molecule has 2 nitrogen and oxygen atoms in total. The van der Waals surface area contributed by atoms with Gasteiger partial charge in [0.15, 0.2) is 0 Å². The van der Waals surface area contributed by atoms with Crippen LogP contribution in [0.1, 0.15) is 43.2 Å². The molecule has 0 unspecified atom stereocenters. The summed E-state index contributed by atoms with van der Waals surface area (Å²) in [6, 6.07) is 8.89. The molecule has 0 amide bonds. The Morgan fingerprint density at radius 1 is 1.11 bits per heavy atom. The van der Waals surface area contributed by atoms with E-state index in [1.165, 1.54) is 43.2 Å². The Hall–Kier alpha value is -1.49. The number of aryl methyl sites for hydroxylation is 2. The maximum Gasteiger partial charge on any atom is 0.119 e. The number of nitrogens with zero attached hydrogens (tertiary/aromatic N) is 1. The average molecular weight is 241 g/mol. The fourth-order valence-electron chi connectivity index (χ4n) is 3.20. The second-order valence-corrected chi connectivity index (χ2v) is 5.67. The first-order chi connectivity index (χ1) is 8.81. The third-order valence-electron chi connectivity index (χ3n) is 4.38. The maximum atomic E-state index is 9.32. The molecule has 0 spiro atoms. The molecule has 0 N–H and O–H groups in total. The van der Waals surface area contributed by atoms with Crippen LogP contribution in [0.2, 0.25) is 0 Å². The topological polar surface area (TPSA) is 33.0 Å². The number of nitriles is 1. The summed E-state index contributed by atoms with van der Waals surface area (Å²) in [6.45, 7) is 0.558. The molecule has 0 heterocycles. The van der Waals surface area contributed by atoms with Gasteiger partial charge >= 0.3 is 0 Å². The summed E-state index contributed by atoms with van der Waals surface area (Å²) in [5.74, 6) is 0.942. The van der Waals surface area contributed by atoms with Crippen LogP contribution in [-0.2, 0) is 12.8 Å². The lowest BCUT2D eigenvalue weighted by Crippen LogP contribution is -2.23. The molecule has 94 valence electrons. The molecule has 18 heavy (non-hydrogen) atoms. The molecular weight excluding hydrogens is 222 g/mol. The van der Waals surface area contributed by atoms with E-state index in [-0.39, 0.29) is 5.41 Å². The molecule has 1 saturated carbocycles. The normalized spacial score (nSPS) is 20.4. The lowest BCUT2D eigenvalue weighted by Gasteiger charge is -2.20. The van der Waals surface area contributed by atoms with Crippen LogP contribution in [-0.4, -0.2) is 6.61 Å². The van der Waals surface area contributed by atoms with Gasteiger partial charge in [0, 0.05) is 0 Å². The van der Waals surface area contributed by atoms with Crippen molar-refractivity contribution in [3.63, 3.8) is 0 Å². The number of benzene rings is 1. The van der Waals surface area contributed by atoms with E-state index in [1.54, 1.807) is 0 Å². The number of hydrogen-bond acceptors (Lipinski definition) is 2. The zero-order chi connectivity index (χ0) is 12.4. The second kappa shape index (κ2) is 4.65. The highest BCUT2D eigenvalue weighted by atomic mass is 16.5. The van der Waals surface area contributed by atoms with Crippen LogP contribution in [0.15, 0.2) is 18.2 Å². The lowest BCUT2D eigenvalue weighted by atomic mass is 9.89. The zero-order valence-corrected chi connectivity index (χ0v) is 10.7. The zero-order valence-electron chi connectivity index (χ0n) is 10.7. The summed E-state index contributed by atoms with van der Waals surface area (Å²) >= 11 is 0. The van der Waals surface area contributed by atoms with Crippen molar-refractivity contribution in [1.29, 1.82) is 5.26 Å². The number of fused-ring (bicyclic) bond motifs is 1. The summed E-state index contributed by atoms with van der Waals surface area (Å²) in [5.41, 5.74) is 2.68. The van der Waals surface area contributed by atoms with Crippen molar-refractivity contribution in [3.05, 3.63) is 29.3 Å². The quantitative estimate of drug-likeness (QED) is 0.809. The minimum Gasteiger partial charge on any atom is -0.492 e. The van der Waals surface area contributed by atoms with Crippen LogP contribution >= 0.6 is 0 Å². The third kappa shape index (κ3) is 2.10. The lowest BCUT2D eigenvalue weighted by molar-refractivity contribution is 0.201. The summed E-state index contributed by atoms with van der Waals surface area (Å²) in [7, 11) is 0. The van der Waals surface area contributed by atoms with E-state index in [9.17, 15) is 5.26 Å². The average Bonchev–Trinajstić information content (AvgIpc) is 3.05. The van der Waals surface area contributed by atoms with E-state index in [0.717, 1.165) is 18.6 Å². The van der Waals surface area contributed by atoms with Crippen LogP contribution in [0.25, 0.3) is 0 Å². The van der Waals surface area contributed by atoms with Gasteiger partial charge in [0.2, 0.25) is 0 Å². The van der Waals surface area contributed by atoms with Gasteiger partial charge in [-0.05, 0) is 55.4 Å². The van der Waals surface area contributed by atoms with E-state index < -0.39 is 0 Å². The smallest absolute Gasteiger partial charge is 0.119 e. The summed E-state index contributed by atoms with van der Waals surface area (Å²) in [5, 5.41) is 9.32. The van der Waals surface area contributed by atoms with Crippen molar-refractivity contribution in [1.82, 2.24) is 0 Å². The van der Waals surface area contributed by atoms with Gasteiger partial charge in [-0.2, -0.15) is 5.26 Å². The first-order valence-electron chi connectivity index (χ1n) is 6.97. The number of rotatable bonds is 3. The van der Waals surface area contributed by atoms with Gasteiger partial charge in [0.1, 0.15) is 12.4 Å². The fourth-order valence-corrected chi connectivity index (χ4v) is 3.20. The minimum atomic E-state index is -0.223. The van der Waals surface area contributed by atoms with Crippen molar-refractivity contribution < 1.29 is 4.74 Å². The van der Waals surface area contributed by atoms with Crippen molar-refractivity contribution in [2.24, 2.45) is 5.41 Å². The number of hydrogen-bond donors (Lipinski definition) is 0. The molecule has 2 heteroatoms. The molecule has 0 radical (unpaired) electrons. The summed E-state index contributed by atoms with van der Waals surface area (Å²) in [6.07, 6.45) is 7.97. The van der Waals surface area contributed by atoms with Gasteiger partial charge < -0.3 is 4.74 Å². The predicted molar refractivity (Wildman–Crippen MR) is 70.5 cm³/mol. The van der Waals surface area contributed by atoms with Gasteiger partial charge in [0.05, 0.1) is 11.5 Å². The fraction of sp³-hybridized carbons (Fsp3) is 0.562. The van der Waals surface area contributed by atoms with Crippen LogP contribution in [0, 0.1) is 16.7 Å². The Morgan fingerprint density at radius 2 is 1.89 bits per heavy atom. The monoisotopic (exact) mass is 241 g/mol. The Balaban J connectivity index is 1.68. The Labute approximate surface area is 109 Å². The standard InChI is InChI=1S/C16H19NO/c17-11-16(8-1-2-9-16)12-18-15-7-6-13-4-3-5-14(13)10-15/h6-7,10H,1-5,8-9,12H2. The molecule has 3 rings (SSSR count). The predicted octanol–water partition coefficient (Wildman–Crippen LogP) is 3.64. The van der Waals surface area contributed by atoms with Crippen LogP contribution in [0.3, 0.4) is 0 Å². The first kappa shape index (κ1) is 11.6. The maximum absolute atomic E-state index is 9.32. The van der Waals surface area contributed by atoms with Crippen molar-refractivity contribution in [2.75, 3.05) is 6.61 Å². The molecular formula is C16H19NO. The molecule has 0 bridgehead atoms. The molecule has 1 aromatic rings. The van der Waals surface area contributed by atoms with Gasteiger partial charge in [-0.1, -0.05) is 18.9 Å². The SMILES string of the molecule is N#CC1(COc2ccc3c(c2)CCC3)CCCC1. The van der Waals surface area contributed by atoms with E-state index in [2.05, 4.69) is 24.3 Å². The van der Waals surface area contributed by atoms with Crippen LogP contribution in [0.5, 0.6) is 5.75 Å². The Morgan fingerprint density at radius 3 is 2.67 bits per heavy atom. The first-order valence-corrected chi connectivity index (χ1v) is 6.97. The Kier molecular flexibility index (Phi) is 2.99. The summed E-state index contributed by atoms with van der Waals surface area (Å²) < 4.78 is 5.89. The molecule has 2 aliphatic carbocycles. The van der Waals surface area contributed by atoms with Crippen molar-refractivity contribution >= 4 is 0 Å². The molecule has 0 saturated heterocycles. The third-order valence-corrected chi connectivity index (χ3v) is 4.38. The van der Waals surface area contributed by atoms with Crippen LogP contribution < -0.4 is 4.74 Å².